The smallest absolute Gasteiger partial charge is 0.0158 e. The molecule has 0 unspecified atom stereocenters. The molecule has 38 valence electrons. The summed E-state index contributed by atoms with van der Waals surface area (Å²) in [4.78, 5) is 19.6. The van der Waals surface area contributed by atoms with Crippen LogP contribution in [0.2, 0.25) is 0 Å². The Bertz CT molecular complexity index is 75.6. The third-order valence-corrected chi connectivity index (χ3v) is 3.35. The molecule has 0 radical (unpaired) electrons. The van der Waals surface area contributed by atoms with Gasteiger partial charge in [0.25, 0.3) is 0 Å². The highest BCUT2D eigenvalue weighted by Crippen LogP contribution is 2.38. The summed E-state index contributed by atoms with van der Waals surface area (Å²) in [5.74, 6) is 0. The minimum atomic E-state index is -3.40. The van der Waals surface area contributed by atoms with Crippen LogP contribution in [0.15, 0.2) is 0 Å². The predicted octanol–water partition coefficient (Wildman–Crippen LogP) is -0.706. The Labute approximate surface area is 45.5 Å². The van der Waals surface area contributed by atoms with Crippen molar-refractivity contribution in [3.8, 4) is 0 Å². The maximum absolute atomic E-state index is 9.81. The Morgan fingerprint density at radius 1 is 1.67 bits per heavy atom. The largest absolute Gasteiger partial charge is 0.825 e. The van der Waals surface area contributed by atoms with Crippen LogP contribution in [0.1, 0.15) is 0 Å². The van der Waals surface area contributed by atoms with Gasteiger partial charge in [0.05, 0.1) is 0 Å². The van der Waals surface area contributed by atoms with E-state index in [9.17, 15) is 9.79 Å². The second-order valence-corrected chi connectivity index (χ2v) is 6.56. The van der Waals surface area contributed by atoms with Crippen molar-refractivity contribution in [2.75, 3.05) is 6.26 Å². The average molecular weight is 142 g/mol. The van der Waals surface area contributed by atoms with Crippen LogP contribution < -0.4 is 9.79 Å². The second kappa shape index (κ2) is 2.28. The van der Waals surface area contributed by atoms with Gasteiger partial charge < -0.3 is 9.79 Å². The summed E-state index contributed by atoms with van der Waals surface area (Å²) in [7, 11) is 0. The zero-order chi connectivity index (χ0) is 5.21. The summed E-state index contributed by atoms with van der Waals surface area (Å²) in [6.45, 7) is 0. The van der Waals surface area contributed by atoms with Crippen molar-refractivity contribution < 1.29 is 9.79 Å². The summed E-state index contributed by atoms with van der Waals surface area (Å²) < 4.78 is 0. The van der Waals surface area contributed by atoms with Crippen LogP contribution >= 0.6 is 17.1 Å². The molecular formula is CH3O2PS2-2. The van der Waals surface area contributed by atoms with Gasteiger partial charge in [-0.25, -0.2) is 0 Å². The lowest BCUT2D eigenvalue weighted by atomic mass is 12.0. The SMILES string of the molecule is CSP([O-])([O-])=S. The molecule has 0 saturated heterocycles. The second-order valence-electron chi connectivity index (χ2n) is 0.630. The Kier molecular flexibility index (Phi) is 2.63. The fraction of sp³-hybridized carbons (Fsp3) is 1.00. The molecule has 5 heteroatoms. The molecule has 0 bridgehead atoms. The molecule has 2 nitrogen and oxygen atoms in total. The van der Waals surface area contributed by atoms with Gasteiger partial charge in [0, 0.05) is 0 Å². The molecule has 0 N–H and O–H groups in total. The molecule has 0 saturated carbocycles. The standard InChI is InChI=1S/CH5O2PS2/c1-6-4(2,3)5/h1H3,(H2,2,3,5)/p-2. The van der Waals surface area contributed by atoms with E-state index in [1.807, 2.05) is 0 Å². The highest BCUT2D eigenvalue weighted by molar-refractivity contribution is 8.66. The summed E-state index contributed by atoms with van der Waals surface area (Å²) >= 11 is 4.65. The van der Waals surface area contributed by atoms with E-state index in [2.05, 4.69) is 11.8 Å². The third kappa shape index (κ3) is 4.92. The van der Waals surface area contributed by atoms with E-state index in [-0.39, 0.29) is 0 Å². The molecule has 6 heavy (non-hydrogen) atoms. The fourth-order valence-electron chi connectivity index (χ4n) is 0. The minimum Gasteiger partial charge on any atom is -0.825 e. The molecule has 0 aliphatic heterocycles. The number of hydrogen-bond donors (Lipinski definition) is 0. The van der Waals surface area contributed by atoms with Crippen molar-refractivity contribution in [3.05, 3.63) is 0 Å². The molecule has 0 amide bonds. The quantitative estimate of drug-likeness (QED) is 0.454. The van der Waals surface area contributed by atoms with E-state index < -0.39 is 5.69 Å². The van der Waals surface area contributed by atoms with Gasteiger partial charge in [0.1, 0.15) is 0 Å². The first-order valence-electron chi connectivity index (χ1n) is 1.14. The average Bonchev–Trinajstić information content (AvgIpc) is 1.35. The molecule has 0 heterocycles. The highest BCUT2D eigenvalue weighted by atomic mass is 32.9. The normalized spacial score (nSPS) is 11.8. The lowest BCUT2D eigenvalue weighted by molar-refractivity contribution is -0.284. The van der Waals surface area contributed by atoms with Gasteiger partial charge in [-0.3, -0.25) is 0 Å². The lowest BCUT2D eigenvalue weighted by Gasteiger charge is -2.31. The van der Waals surface area contributed by atoms with Gasteiger partial charge in [-0.2, -0.15) is 17.1 Å². The van der Waals surface area contributed by atoms with Crippen LogP contribution in [0.3, 0.4) is 0 Å². The van der Waals surface area contributed by atoms with Crippen molar-refractivity contribution >= 4 is 28.9 Å². The van der Waals surface area contributed by atoms with Crippen LogP contribution in [0.4, 0.5) is 0 Å². The minimum absolute atomic E-state index is 0.697. The highest BCUT2D eigenvalue weighted by Gasteiger charge is 1.70. The van der Waals surface area contributed by atoms with Crippen molar-refractivity contribution in [2.45, 2.75) is 0 Å². The van der Waals surface area contributed by atoms with Crippen molar-refractivity contribution in [2.24, 2.45) is 0 Å². The van der Waals surface area contributed by atoms with Gasteiger partial charge in [0.2, 0.25) is 0 Å². The molecule has 0 aliphatic rings. The Morgan fingerprint density at radius 2 is 1.83 bits per heavy atom. The van der Waals surface area contributed by atoms with E-state index in [0.29, 0.717) is 11.4 Å². The summed E-state index contributed by atoms with van der Waals surface area (Å²) in [6, 6.07) is 0. The summed E-state index contributed by atoms with van der Waals surface area (Å²) in [5, 5.41) is 0. The molecule has 0 spiro atoms. The molecule has 0 fully saturated rings. The molecule has 0 rings (SSSR count). The molecule has 0 aromatic rings. The first-order valence-corrected chi connectivity index (χ1v) is 5.61. The van der Waals surface area contributed by atoms with Crippen LogP contribution in [0.5, 0.6) is 0 Å². The van der Waals surface area contributed by atoms with Crippen LogP contribution in [0, 0.1) is 0 Å². The van der Waals surface area contributed by atoms with Crippen molar-refractivity contribution in [1.82, 2.24) is 0 Å². The fourth-order valence-corrected chi connectivity index (χ4v) is 0. The third-order valence-electron chi connectivity index (χ3n) is 0.224. The Hall–Kier alpha value is 0.920. The predicted molar refractivity (Wildman–Crippen MR) is 27.8 cm³/mol. The van der Waals surface area contributed by atoms with Gasteiger partial charge in [0.15, 0.2) is 0 Å². The van der Waals surface area contributed by atoms with Gasteiger partial charge in [-0.1, -0.05) is 0 Å². The van der Waals surface area contributed by atoms with Crippen LogP contribution in [0.25, 0.3) is 0 Å². The van der Waals surface area contributed by atoms with Crippen molar-refractivity contribution in [1.29, 1.82) is 0 Å². The van der Waals surface area contributed by atoms with Gasteiger partial charge in [-0.15, -0.1) is 11.8 Å². The number of hydrogen-bond acceptors (Lipinski definition) is 4. The lowest BCUT2D eigenvalue weighted by Crippen LogP contribution is -2.08. The Balaban J connectivity index is 3.48. The first kappa shape index (κ1) is 6.92. The zero-order valence-corrected chi connectivity index (χ0v) is 5.61. The van der Waals surface area contributed by atoms with Crippen LogP contribution in [-0.4, -0.2) is 6.26 Å². The molecule has 0 aliphatic carbocycles. The molecule has 0 atom stereocenters. The van der Waals surface area contributed by atoms with E-state index in [4.69, 9.17) is 0 Å². The maximum Gasteiger partial charge on any atom is -0.0158 e. The maximum atomic E-state index is 9.81. The Morgan fingerprint density at radius 3 is 1.83 bits per heavy atom. The summed E-state index contributed by atoms with van der Waals surface area (Å²) in [5.41, 5.74) is -3.40. The zero-order valence-electron chi connectivity index (χ0n) is 3.08. The first-order chi connectivity index (χ1) is 2.56. The monoisotopic (exact) mass is 142 g/mol. The van der Waals surface area contributed by atoms with Crippen LogP contribution in [-0.2, 0) is 11.8 Å². The van der Waals surface area contributed by atoms with E-state index in [1.54, 1.807) is 0 Å². The summed E-state index contributed by atoms with van der Waals surface area (Å²) in [6.07, 6.45) is 1.45. The van der Waals surface area contributed by atoms with E-state index >= 15 is 0 Å². The van der Waals surface area contributed by atoms with E-state index in [1.165, 1.54) is 6.26 Å². The van der Waals surface area contributed by atoms with Gasteiger partial charge >= 0.3 is 0 Å². The number of rotatable bonds is 1. The van der Waals surface area contributed by atoms with Crippen molar-refractivity contribution in [3.63, 3.8) is 0 Å². The molecule has 0 aromatic heterocycles. The van der Waals surface area contributed by atoms with Gasteiger partial charge in [-0.05, 0) is 6.26 Å². The van der Waals surface area contributed by atoms with E-state index in [0.717, 1.165) is 0 Å². The topological polar surface area (TPSA) is 46.1 Å². The molecular weight excluding hydrogens is 139 g/mol. The molecule has 0 aromatic carbocycles.